The fraction of sp³-hybridized carbons (Fsp3) is 0.927. The summed E-state index contributed by atoms with van der Waals surface area (Å²) in [5, 5.41) is 109. The Kier molecular flexibility index (Phi) is 25.2. The molecule has 62 heavy (non-hydrogen) atoms. The second-order valence-corrected chi connectivity index (χ2v) is 16.4. The highest BCUT2D eigenvalue weighted by atomic mass is 16.7. The van der Waals surface area contributed by atoms with Crippen molar-refractivity contribution in [3.05, 3.63) is 0 Å². The van der Waals surface area contributed by atoms with Gasteiger partial charge in [0.05, 0.1) is 26.4 Å². The van der Waals surface area contributed by atoms with Crippen LogP contribution in [0.5, 0.6) is 0 Å². The lowest BCUT2D eigenvalue weighted by Gasteiger charge is -2.46. The molecule has 2 amide bonds. The zero-order valence-corrected chi connectivity index (χ0v) is 36.0. The average molecular weight is 899 g/mol. The highest BCUT2D eigenvalue weighted by Crippen LogP contribution is 2.31. The maximum atomic E-state index is 13.3. The van der Waals surface area contributed by atoms with Gasteiger partial charge >= 0.3 is 0 Å². The number of aliphatic hydroxyl groups excluding tert-OH is 10. The quantitative estimate of drug-likeness (QED) is 0.0346. The molecule has 3 aliphatic heterocycles. The lowest BCUT2D eigenvalue weighted by atomic mass is 9.96. The highest BCUT2D eigenvalue weighted by Gasteiger charge is 2.52. The molecule has 0 radical (unpaired) electrons. The van der Waals surface area contributed by atoms with Crippen molar-refractivity contribution in [2.75, 3.05) is 33.0 Å². The van der Waals surface area contributed by atoms with E-state index >= 15 is 0 Å². The van der Waals surface area contributed by atoms with E-state index in [-0.39, 0.29) is 50.5 Å². The lowest BCUT2D eigenvalue weighted by Crippen LogP contribution is -2.65. The van der Waals surface area contributed by atoms with E-state index in [0.717, 1.165) is 19.3 Å². The molecule has 21 heteroatoms. The Hall–Kier alpha value is -2.03. The van der Waals surface area contributed by atoms with Crippen LogP contribution in [0.2, 0.25) is 0 Å². The van der Waals surface area contributed by atoms with Crippen molar-refractivity contribution in [3.63, 3.8) is 0 Å². The first-order chi connectivity index (χ1) is 29.7. The number of ketones is 1. The Morgan fingerprint density at radius 3 is 1.66 bits per heavy atom. The fourth-order valence-corrected chi connectivity index (χ4v) is 7.51. The number of unbranched alkanes of at least 4 members (excludes halogenated alkanes) is 10. The molecule has 12 N–H and O–H groups in total. The van der Waals surface area contributed by atoms with Crippen LogP contribution in [0.1, 0.15) is 110 Å². The molecule has 3 aliphatic rings. The number of Topliss-reactive ketones (excluding diaryl/α,β-unsaturated/α-hetero) is 1. The predicted molar refractivity (Wildman–Crippen MR) is 216 cm³/mol. The Morgan fingerprint density at radius 2 is 1.10 bits per heavy atom. The standard InChI is InChI=1S/C41H74N2O19/c1-3-5-6-7-8-9-10-11-12-13-14-15-28(47)43-24(17-16-23(46)4-2)38(56)42-18-19-57-40-36(55)37(62-41-35(54)33(52)30(49)26(21-45)60-41)31(50)27(61-40)22-58-39-34(53)32(51)29(48)25(20-44)59-39/h24-27,29-37,39-41,44-45,48-55H,3-22H2,1-2H3,(H,42,56)(H,43,47)/t24-,25+,26+,27+,29+,30+,31+,32-,33-,34-,35-,36-,37-,39-,40-,41+/m0/s1. The molecule has 0 aromatic heterocycles. The summed E-state index contributed by atoms with van der Waals surface area (Å²) in [5.41, 5.74) is 0. The molecule has 0 aromatic carbocycles. The molecule has 3 fully saturated rings. The van der Waals surface area contributed by atoms with E-state index in [1.165, 1.54) is 44.9 Å². The predicted octanol–water partition coefficient (Wildman–Crippen LogP) is -2.49. The molecule has 0 unspecified atom stereocenters. The number of aliphatic hydroxyl groups is 10. The Balaban J connectivity index is 1.60. The Labute approximate surface area is 363 Å². The fourth-order valence-electron chi connectivity index (χ4n) is 7.51. The normalized spacial score (nSPS) is 34.4. The van der Waals surface area contributed by atoms with Gasteiger partial charge in [0.1, 0.15) is 85.1 Å². The van der Waals surface area contributed by atoms with Gasteiger partial charge in [-0.05, 0) is 12.8 Å². The SMILES string of the molecule is CCCCCCCCCCCCCC(=O)N[C@@H](CCC(=O)CC)C(=O)NCCO[C@H]1O[C@H](CO[C@H]2O[C@H](CO)[C@@H](O)[C@H](O)[C@@H]2O)[C@@H](O)[C@H](O[C@H]2O[C@H](CO)[C@@H](O)[C@H](O)[C@@H]2O)[C@@H]1O. The van der Waals surface area contributed by atoms with E-state index in [0.29, 0.717) is 6.42 Å². The zero-order valence-electron chi connectivity index (χ0n) is 36.0. The third kappa shape index (κ3) is 16.8. The summed E-state index contributed by atoms with van der Waals surface area (Å²) in [6.45, 7) is 1.18. The zero-order chi connectivity index (χ0) is 45.8. The summed E-state index contributed by atoms with van der Waals surface area (Å²) >= 11 is 0. The molecular weight excluding hydrogens is 824 g/mol. The van der Waals surface area contributed by atoms with E-state index in [4.69, 9.17) is 28.4 Å². The minimum Gasteiger partial charge on any atom is -0.394 e. The van der Waals surface area contributed by atoms with Crippen molar-refractivity contribution in [2.45, 2.75) is 208 Å². The minimum atomic E-state index is -1.92. The third-order valence-electron chi connectivity index (χ3n) is 11.5. The van der Waals surface area contributed by atoms with Crippen LogP contribution >= 0.6 is 0 Å². The van der Waals surface area contributed by atoms with Crippen molar-refractivity contribution in [1.29, 1.82) is 0 Å². The van der Waals surface area contributed by atoms with Crippen molar-refractivity contribution in [1.82, 2.24) is 10.6 Å². The largest absolute Gasteiger partial charge is 0.394 e. The van der Waals surface area contributed by atoms with Crippen LogP contribution in [-0.2, 0) is 42.8 Å². The molecular formula is C41H74N2O19. The molecule has 0 aromatic rings. The molecule has 16 atom stereocenters. The molecule has 3 heterocycles. The van der Waals surface area contributed by atoms with Gasteiger partial charge in [0, 0.05) is 25.8 Å². The lowest BCUT2D eigenvalue weighted by molar-refractivity contribution is -0.366. The van der Waals surface area contributed by atoms with Crippen LogP contribution in [0.25, 0.3) is 0 Å². The molecule has 0 aliphatic carbocycles. The summed E-state index contributed by atoms with van der Waals surface area (Å²) < 4.78 is 33.5. The van der Waals surface area contributed by atoms with Gasteiger partial charge in [-0.1, -0.05) is 78.1 Å². The smallest absolute Gasteiger partial charge is 0.242 e. The summed E-state index contributed by atoms with van der Waals surface area (Å²) in [6.07, 6.45) is -12.6. The molecule has 21 nitrogen and oxygen atoms in total. The van der Waals surface area contributed by atoms with E-state index in [9.17, 15) is 65.4 Å². The molecule has 0 saturated carbocycles. The van der Waals surface area contributed by atoms with Gasteiger partial charge in [0.2, 0.25) is 11.8 Å². The highest BCUT2D eigenvalue weighted by molar-refractivity contribution is 5.88. The Bertz CT molecular complexity index is 1280. The van der Waals surface area contributed by atoms with Crippen LogP contribution < -0.4 is 10.6 Å². The van der Waals surface area contributed by atoms with E-state index in [1.807, 2.05) is 0 Å². The number of hydrogen-bond donors (Lipinski definition) is 12. The van der Waals surface area contributed by atoms with Gasteiger partial charge in [0.25, 0.3) is 0 Å². The maximum Gasteiger partial charge on any atom is 0.242 e. The van der Waals surface area contributed by atoms with E-state index < -0.39 is 124 Å². The minimum absolute atomic E-state index is 0.0661. The monoisotopic (exact) mass is 898 g/mol. The van der Waals surface area contributed by atoms with Crippen molar-refractivity contribution >= 4 is 17.6 Å². The Morgan fingerprint density at radius 1 is 0.581 bits per heavy atom. The van der Waals surface area contributed by atoms with Crippen molar-refractivity contribution in [2.24, 2.45) is 0 Å². The molecule has 3 rings (SSSR count). The number of carbonyl (C=O) groups is 3. The summed E-state index contributed by atoms with van der Waals surface area (Å²) in [7, 11) is 0. The number of nitrogens with one attached hydrogen (secondary N) is 2. The van der Waals surface area contributed by atoms with Gasteiger partial charge < -0.3 is 90.1 Å². The third-order valence-corrected chi connectivity index (χ3v) is 11.5. The second-order valence-electron chi connectivity index (χ2n) is 16.4. The first-order valence-corrected chi connectivity index (χ1v) is 22.3. The summed E-state index contributed by atoms with van der Waals surface area (Å²) in [5.74, 6) is -0.983. The molecule has 0 bridgehead atoms. The van der Waals surface area contributed by atoms with Gasteiger partial charge in [-0.2, -0.15) is 0 Å². The molecule has 362 valence electrons. The first-order valence-electron chi connectivity index (χ1n) is 22.3. The molecule has 0 spiro atoms. The number of carbonyl (C=O) groups excluding carboxylic acids is 3. The van der Waals surface area contributed by atoms with Gasteiger partial charge in [-0.15, -0.1) is 0 Å². The van der Waals surface area contributed by atoms with E-state index in [1.54, 1.807) is 6.92 Å². The number of amides is 2. The summed E-state index contributed by atoms with van der Waals surface area (Å²) in [4.78, 5) is 38.3. The van der Waals surface area contributed by atoms with Crippen LogP contribution in [-0.4, -0.2) is 200 Å². The van der Waals surface area contributed by atoms with Crippen molar-refractivity contribution in [3.8, 4) is 0 Å². The van der Waals surface area contributed by atoms with Crippen molar-refractivity contribution < 1.29 is 93.9 Å². The molecule has 3 saturated heterocycles. The average Bonchev–Trinajstić information content (AvgIpc) is 3.26. The second kappa shape index (κ2) is 28.8. The van der Waals surface area contributed by atoms with E-state index in [2.05, 4.69) is 17.6 Å². The van der Waals surface area contributed by atoms with Crippen LogP contribution in [0, 0.1) is 0 Å². The maximum absolute atomic E-state index is 13.3. The van der Waals surface area contributed by atoms with Crippen LogP contribution in [0.3, 0.4) is 0 Å². The first kappa shape index (κ1) is 54.3. The van der Waals surface area contributed by atoms with Gasteiger partial charge in [-0.25, -0.2) is 0 Å². The van der Waals surface area contributed by atoms with Gasteiger partial charge in [0.15, 0.2) is 18.9 Å². The number of ether oxygens (including phenoxy) is 6. The topological polar surface area (TPSA) is 333 Å². The van der Waals surface area contributed by atoms with Gasteiger partial charge in [-0.3, -0.25) is 14.4 Å². The summed E-state index contributed by atoms with van der Waals surface area (Å²) in [6, 6.07) is -1.02. The van der Waals surface area contributed by atoms with Crippen LogP contribution in [0.4, 0.5) is 0 Å². The number of hydrogen-bond acceptors (Lipinski definition) is 19. The van der Waals surface area contributed by atoms with Crippen LogP contribution in [0.15, 0.2) is 0 Å². The number of rotatable bonds is 29.